The molecule has 1 aromatic carbocycles. The van der Waals surface area contributed by atoms with Crippen LogP contribution in [0.3, 0.4) is 0 Å². The molecular formula is C18H17FN4OS. The number of pyridine rings is 1. The monoisotopic (exact) mass is 356 g/mol. The van der Waals surface area contributed by atoms with Gasteiger partial charge in [0.2, 0.25) is 5.91 Å². The smallest absolute Gasteiger partial charge is 0.230 e. The Labute approximate surface area is 149 Å². The van der Waals surface area contributed by atoms with Crippen LogP contribution in [0.15, 0.2) is 66.0 Å². The zero-order chi connectivity index (χ0) is 17.5. The molecule has 2 aromatic heterocycles. The normalized spacial score (nSPS) is 10.6. The summed E-state index contributed by atoms with van der Waals surface area (Å²) >= 11 is 1.38. The third kappa shape index (κ3) is 5.15. The first-order valence-electron chi connectivity index (χ1n) is 7.79. The molecule has 0 saturated heterocycles. The lowest BCUT2D eigenvalue weighted by Gasteiger charge is -2.05. The van der Waals surface area contributed by atoms with E-state index < -0.39 is 0 Å². The molecule has 0 radical (unpaired) electrons. The van der Waals surface area contributed by atoms with E-state index in [2.05, 4.69) is 15.4 Å². The van der Waals surface area contributed by atoms with Crippen LogP contribution in [0, 0.1) is 5.82 Å². The molecule has 0 spiro atoms. The molecule has 0 saturated carbocycles. The number of benzene rings is 1. The van der Waals surface area contributed by atoms with Gasteiger partial charge < -0.3 is 5.32 Å². The highest BCUT2D eigenvalue weighted by Crippen LogP contribution is 2.17. The zero-order valence-electron chi connectivity index (χ0n) is 13.4. The van der Waals surface area contributed by atoms with Gasteiger partial charge in [-0.05, 0) is 42.5 Å². The number of carbonyl (C=O) groups excluding carboxylic acids is 1. The highest BCUT2D eigenvalue weighted by atomic mass is 32.2. The van der Waals surface area contributed by atoms with Gasteiger partial charge in [-0.25, -0.2) is 4.39 Å². The summed E-state index contributed by atoms with van der Waals surface area (Å²) in [6.45, 7) is 1.10. The summed E-state index contributed by atoms with van der Waals surface area (Å²) in [6.07, 6.45) is 5.34. The summed E-state index contributed by atoms with van der Waals surface area (Å²) in [7, 11) is 0. The van der Waals surface area contributed by atoms with Crippen LogP contribution in [-0.4, -0.2) is 33.0 Å². The molecule has 0 aliphatic heterocycles. The second-order valence-corrected chi connectivity index (χ2v) is 6.34. The van der Waals surface area contributed by atoms with Crippen LogP contribution in [0.2, 0.25) is 0 Å². The van der Waals surface area contributed by atoms with Crippen LogP contribution in [0.25, 0.3) is 11.3 Å². The first-order chi connectivity index (χ1) is 12.2. The van der Waals surface area contributed by atoms with Crippen molar-refractivity contribution in [2.75, 3.05) is 12.3 Å². The van der Waals surface area contributed by atoms with Gasteiger partial charge in [0.25, 0.3) is 0 Å². The van der Waals surface area contributed by atoms with Crippen molar-refractivity contribution in [2.45, 2.75) is 11.4 Å². The molecule has 7 heteroatoms. The second kappa shape index (κ2) is 8.43. The van der Waals surface area contributed by atoms with Crippen LogP contribution in [0.4, 0.5) is 4.39 Å². The minimum absolute atomic E-state index is 0.0594. The number of thioether (sulfide) groups is 1. The maximum atomic E-state index is 12.8. The lowest BCUT2D eigenvalue weighted by atomic mass is 10.2. The fraction of sp³-hybridized carbons (Fsp3) is 0.167. The number of hydrogen-bond donors (Lipinski definition) is 1. The summed E-state index contributed by atoms with van der Waals surface area (Å²) in [5, 5.41) is 7.33. The predicted octanol–water partition coefficient (Wildman–Crippen LogP) is 2.99. The molecule has 1 amide bonds. The number of amides is 1. The lowest BCUT2D eigenvalue weighted by molar-refractivity contribution is -0.118. The minimum atomic E-state index is -0.279. The molecule has 25 heavy (non-hydrogen) atoms. The standard InChI is InChI=1S/C18H17FN4OS/c19-15-1-3-16(4-2-15)25-13-18(24)21-10-12-23-11-7-17(22-23)14-5-8-20-9-6-14/h1-9,11H,10,12-13H2,(H,21,24). The third-order valence-corrected chi connectivity index (χ3v) is 4.48. The Morgan fingerprint density at radius 3 is 2.64 bits per heavy atom. The molecule has 2 heterocycles. The van der Waals surface area contributed by atoms with Gasteiger partial charge in [-0.3, -0.25) is 14.5 Å². The second-order valence-electron chi connectivity index (χ2n) is 5.29. The van der Waals surface area contributed by atoms with E-state index in [4.69, 9.17) is 0 Å². The molecule has 0 aliphatic rings. The average molecular weight is 356 g/mol. The Balaban J connectivity index is 1.41. The quantitative estimate of drug-likeness (QED) is 0.661. The summed E-state index contributed by atoms with van der Waals surface area (Å²) < 4.78 is 14.6. The summed E-state index contributed by atoms with van der Waals surface area (Å²) in [6, 6.07) is 11.8. The fourth-order valence-corrected chi connectivity index (χ4v) is 2.93. The zero-order valence-corrected chi connectivity index (χ0v) is 14.2. The van der Waals surface area contributed by atoms with Gasteiger partial charge in [0.05, 0.1) is 18.0 Å². The third-order valence-electron chi connectivity index (χ3n) is 3.46. The first-order valence-corrected chi connectivity index (χ1v) is 8.78. The number of carbonyl (C=O) groups is 1. The van der Waals surface area contributed by atoms with Crippen molar-refractivity contribution in [3.8, 4) is 11.3 Å². The van der Waals surface area contributed by atoms with Gasteiger partial charge >= 0.3 is 0 Å². The number of nitrogens with zero attached hydrogens (tertiary/aromatic N) is 3. The highest BCUT2D eigenvalue weighted by molar-refractivity contribution is 8.00. The number of aromatic nitrogens is 3. The van der Waals surface area contributed by atoms with E-state index in [1.165, 1.54) is 23.9 Å². The topological polar surface area (TPSA) is 59.8 Å². The van der Waals surface area contributed by atoms with Gasteiger partial charge in [0, 0.05) is 35.6 Å². The van der Waals surface area contributed by atoms with Crippen LogP contribution in [0.1, 0.15) is 0 Å². The van der Waals surface area contributed by atoms with Crippen LogP contribution in [0.5, 0.6) is 0 Å². The van der Waals surface area contributed by atoms with Crippen LogP contribution < -0.4 is 5.32 Å². The maximum Gasteiger partial charge on any atom is 0.230 e. The molecule has 0 bridgehead atoms. The van der Waals surface area contributed by atoms with E-state index in [9.17, 15) is 9.18 Å². The summed E-state index contributed by atoms with van der Waals surface area (Å²) in [5.74, 6) is -0.0393. The molecule has 3 rings (SSSR count). The van der Waals surface area contributed by atoms with E-state index in [1.54, 1.807) is 29.2 Å². The van der Waals surface area contributed by atoms with Crippen molar-refractivity contribution in [1.29, 1.82) is 0 Å². The van der Waals surface area contributed by atoms with Gasteiger partial charge in [-0.1, -0.05) is 0 Å². The number of nitrogens with one attached hydrogen (secondary N) is 1. The number of hydrogen-bond acceptors (Lipinski definition) is 4. The van der Waals surface area contributed by atoms with Crippen molar-refractivity contribution in [3.05, 3.63) is 66.9 Å². The fourth-order valence-electron chi connectivity index (χ4n) is 2.20. The molecule has 128 valence electrons. The molecule has 3 aromatic rings. The van der Waals surface area contributed by atoms with Gasteiger partial charge in [-0.2, -0.15) is 5.10 Å². The molecule has 0 fully saturated rings. The first kappa shape index (κ1) is 17.2. The van der Waals surface area contributed by atoms with Gasteiger partial charge in [-0.15, -0.1) is 11.8 Å². The Morgan fingerprint density at radius 2 is 1.88 bits per heavy atom. The van der Waals surface area contributed by atoms with Gasteiger partial charge in [0.15, 0.2) is 0 Å². The van der Waals surface area contributed by atoms with E-state index in [0.29, 0.717) is 18.8 Å². The average Bonchev–Trinajstić information content (AvgIpc) is 3.11. The van der Waals surface area contributed by atoms with Crippen LogP contribution >= 0.6 is 11.8 Å². The highest BCUT2D eigenvalue weighted by Gasteiger charge is 2.04. The van der Waals surface area contributed by atoms with Crippen LogP contribution in [-0.2, 0) is 11.3 Å². The SMILES string of the molecule is O=C(CSc1ccc(F)cc1)NCCn1ccc(-c2ccncc2)n1. The Bertz CT molecular complexity index is 821. The van der Waals surface area contributed by atoms with E-state index >= 15 is 0 Å². The molecular weight excluding hydrogens is 339 g/mol. The van der Waals surface area contributed by atoms with E-state index in [0.717, 1.165) is 16.2 Å². The van der Waals surface area contributed by atoms with Gasteiger partial charge in [0.1, 0.15) is 5.82 Å². The Hall–Kier alpha value is -2.67. The van der Waals surface area contributed by atoms with E-state index in [-0.39, 0.29) is 11.7 Å². The van der Waals surface area contributed by atoms with Crippen molar-refractivity contribution < 1.29 is 9.18 Å². The van der Waals surface area contributed by atoms with Crippen molar-refractivity contribution >= 4 is 17.7 Å². The Morgan fingerprint density at radius 1 is 1.12 bits per heavy atom. The predicted molar refractivity (Wildman–Crippen MR) is 95.6 cm³/mol. The lowest BCUT2D eigenvalue weighted by Crippen LogP contribution is -2.28. The molecule has 1 N–H and O–H groups in total. The molecule has 0 aliphatic carbocycles. The van der Waals surface area contributed by atoms with Crippen molar-refractivity contribution in [1.82, 2.24) is 20.1 Å². The van der Waals surface area contributed by atoms with Crippen molar-refractivity contribution in [2.24, 2.45) is 0 Å². The maximum absolute atomic E-state index is 12.8. The minimum Gasteiger partial charge on any atom is -0.354 e. The summed E-state index contributed by atoms with van der Waals surface area (Å²) in [4.78, 5) is 16.7. The summed E-state index contributed by atoms with van der Waals surface area (Å²) in [5.41, 5.74) is 1.88. The number of rotatable bonds is 7. The molecule has 0 unspecified atom stereocenters. The van der Waals surface area contributed by atoms with Crippen molar-refractivity contribution in [3.63, 3.8) is 0 Å². The largest absolute Gasteiger partial charge is 0.354 e. The van der Waals surface area contributed by atoms with E-state index in [1.807, 2.05) is 24.4 Å². The molecule has 5 nitrogen and oxygen atoms in total. The number of halogens is 1. The molecule has 0 atom stereocenters. The Kier molecular flexibility index (Phi) is 5.79.